The Labute approximate surface area is 140 Å². The van der Waals surface area contributed by atoms with Crippen LogP contribution < -0.4 is 4.83 Å². The first kappa shape index (κ1) is 17.6. The lowest BCUT2D eigenvalue weighted by molar-refractivity contribution is -0.387. The first-order valence-electron chi connectivity index (χ1n) is 7.08. The Morgan fingerprint density at radius 2 is 1.71 bits per heavy atom. The van der Waals surface area contributed by atoms with E-state index in [0.29, 0.717) is 0 Å². The molecular formula is C16H17N3O4S. The van der Waals surface area contributed by atoms with Crippen LogP contribution in [0.2, 0.25) is 0 Å². The van der Waals surface area contributed by atoms with Gasteiger partial charge in [0, 0.05) is 11.6 Å². The van der Waals surface area contributed by atoms with Crippen LogP contribution in [-0.4, -0.2) is 19.6 Å². The van der Waals surface area contributed by atoms with Gasteiger partial charge >= 0.3 is 0 Å². The van der Waals surface area contributed by atoms with Crippen LogP contribution in [-0.2, 0) is 10.0 Å². The Morgan fingerprint density at radius 1 is 1.12 bits per heavy atom. The van der Waals surface area contributed by atoms with Gasteiger partial charge in [-0.15, -0.1) is 0 Å². The third-order valence-electron chi connectivity index (χ3n) is 3.46. The van der Waals surface area contributed by atoms with Gasteiger partial charge in [0.2, 0.25) is 0 Å². The number of hydrazone groups is 1. The fourth-order valence-electron chi connectivity index (χ4n) is 2.44. The van der Waals surface area contributed by atoms with E-state index in [0.717, 1.165) is 28.3 Å². The second kappa shape index (κ2) is 6.79. The van der Waals surface area contributed by atoms with Crippen molar-refractivity contribution in [2.75, 3.05) is 0 Å². The van der Waals surface area contributed by atoms with E-state index in [2.05, 4.69) is 5.10 Å². The van der Waals surface area contributed by atoms with Crippen LogP contribution in [0.15, 0.2) is 46.4 Å². The highest BCUT2D eigenvalue weighted by Gasteiger charge is 2.24. The molecule has 0 bridgehead atoms. The van der Waals surface area contributed by atoms with Gasteiger partial charge in [0.1, 0.15) is 0 Å². The Bertz CT molecular complexity index is 898. The fraction of sp³-hybridized carbons (Fsp3) is 0.188. The average molecular weight is 347 g/mol. The van der Waals surface area contributed by atoms with Crippen LogP contribution in [0.5, 0.6) is 0 Å². The molecule has 8 heteroatoms. The van der Waals surface area contributed by atoms with Crippen LogP contribution in [0, 0.1) is 30.9 Å². The molecular weight excluding hydrogens is 330 g/mol. The summed E-state index contributed by atoms with van der Waals surface area (Å²) in [6, 6.07) is 9.04. The molecule has 0 aromatic heterocycles. The van der Waals surface area contributed by atoms with Crippen molar-refractivity contribution in [3.8, 4) is 0 Å². The summed E-state index contributed by atoms with van der Waals surface area (Å²) in [5.41, 5.74) is 3.32. The van der Waals surface area contributed by atoms with Crippen LogP contribution >= 0.6 is 0 Å². The molecule has 2 aromatic rings. The summed E-state index contributed by atoms with van der Waals surface area (Å²) >= 11 is 0. The molecule has 0 aliphatic carbocycles. The topological polar surface area (TPSA) is 102 Å². The molecule has 126 valence electrons. The predicted molar refractivity (Wildman–Crippen MR) is 91.7 cm³/mol. The number of hydrogen-bond acceptors (Lipinski definition) is 5. The Hall–Kier alpha value is -2.74. The third kappa shape index (κ3) is 3.77. The van der Waals surface area contributed by atoms with Gasteiger partial charge in [-0.1, -0.05) is 29.8 Å². The Balaban J connectivity index is 2.31. The zero-order valence-corrected chi connectivity index (χ0v) is 14.3. The summed E-state index contributed by atoms with van der Waals surface area (Å²) in [7, 11) is -4.13. The highest BCUT2D eigenvalue weighted by molar-refractivity contribution is 7.89. The summed E-state index contributed by atoms with van der Waals surface area (Å²) < 4.78 is 24.5. The molecule has 2 aromatic carbocycles. The van der Waals surface area contributed by atoms with Crippen molar-refractivity contribution in [2.24, 2.45) is 5.10 Å². The number of nitrogens with zero attached hydrogens (tertiary/aromatic N) is 2. The van der Waals surface area contributed by atoms with Crippen LogP contribution in [0.25, 0.3) is 0 Å². The highest BCUT2D eigenvalue weighted by atomic mass is 32.2. The second-order valence-corrected chi connectivity index (χ2v) is 7.02. The third-order valence-corrected chi connectivity index (χ3v) is 4.73. The molecule has 7 nitrogen and oxygen atoms in total. The fourth-order valence-corrected chi connectivity index (χ4v) is 3.40. The maximum absolute atomic E-state index is 12.2. The summed E-state index contributed by atoms with van der Waals surface area (Å²) in [6.45, 7) is 5.77. The number of hydrogen-bond donors (Lipinski definition) is 1. The van der Waals surface area contributed by atoms with Gasteiger partial charge in [-0.05, 0) is 38.0 Å². The molecule has 0 aliphatic heterocycles. The largest absolute Gasteiger partial charge is 0.289 e. The van der Waals surface area contributed by atoms with Crippen molar-refractivity contribution >= 4 is 21.9 Å². The molecule has 0 heterocycles. The molecule has 0 unspecified atom stereocenters. The zero-order chi connectivity index (χ0) is 17.9. The van der Waals surface area contributed by atoms with Gasteiger partial charge < -0.3 is 0 Å². The SMILES string of the molecule is Cc1cc(C)c(/C=N/NS(=O)(=O)c2ccccc2[N+](=O)[O-])c(C)c1. The van der Waals surface area contributed by atoms with Crippen molar-refractivity contribution in [3.05, 3.63) is 68.8 Å². The van der Waals surface area contributed by atoms with E-state index < -0.39 is 25.5 Å². The lowest BCUT2D eigenvalue weighted by Crippen LogP contribution is -2.19. The Morgan fingerprint density at radius 3 is 2.29 bits per heavy atom. The van der Waals surface area contributed by atoms with Crippen LogP contribution in [0.3, 0.4) is 0 Å². The number of rotatable bonds is 5. The monoisotopic (exact) mass is 347 g/mol. The molecule has 2 rings (SSSR count). The minimum Gasteiger partial charge on any atom is -0.258 e. The first-order chi connectivity index (χ1) is 11.2. The van der Waals surface area contributed by atoms with Crippen molar-refractivity contribution < 1.29 is 13.3 Å². The van der Waals surface area contributed by atoms with E-state index in [1.54, 1.807) is 0 Å². The van der Waals surface area contributed by atoms with Crippen molar-refractivity contribution in [2.45, 2.75) is 25.7 Å². The molecule has 0 fully saturated rings. The number of nitro benzene ring substituents is 1. The number of para-hydroxylation sites is 1. The summed E-state index contributed by atoms with van der Waals surface area (Å²) in [5, 5.41) is 14.7. The molecule has 0 atom stereocenters. The number of benzene rings is 2. The van der Waals surface area contributed by atoms with Gasteiger partial charge in [-0.2, -0.15) is 18.4 Å². The summed E-state index contributed by atoms with van der Waals surface area (Å²) in [4.78, 5) is 11.8. The summed E-state index contributed by atoms with van der Waals surface area (Å²) in [6.07, 6.45) is 1.40. The van der Waals surface area contributed by atoms with Gasteiger partial charge in [-0.25, -0.2) is 0 Å². The van der Waals surface area contributed by atoms with Crippen LogP contribution in [0.4, 0.5) is 5.69 Å². The normalized spacial score (nSPS) is 11.6. The van der Waals surface area contributed by atoms with Gasteiger partial charge in [0.15, 0.2) is 4.90 Å². The van der Waals surface area contributed by atoms with E-state index in [-0.39, 0.29) is 0 Å². The standard InChI is InChI=1S/C16H17N3O4S/c1-11-8-12(2)14(13(3)9-11)10-17-18-24(22,23)16-7-5-4-6-15(16)19(20)21/h4-10,18H,1-3H3/b17-10+. The average Bonchev–Trinajstić information content (AvgIpc) is 2.49. The van der Waals surface area contributed by atoms with E-state index in [4.69, 9.17) is 0 Å². The van der Waals surface area contributed by atoms with Crippen molar-refractivity contribution in [1.29, 1.82) is 0 Å². The van der Waals surface area contributed by atoms with Crippen molar-refractivity contribution in [3.63, 3.8) is 0 Å². The minimum atomic E-state index is -4.13. The lowest BCUT2D eigenvalue weighted by atomic mass is 10.0. The molecule has 0 saturated heterocycles. The van der Waals surface area contributed by atoms with Gasteiger partial charge in [0.05, 0.1) is 11.1 Å². The molecule has 24 heavy (non-hydrogen) atoms. The van der Waals surface area contributed by atoms with E-state index in [9.17, 15) is 18.5 Å². The lowest BCUT2D eigenvalue weighted by Gasteiger charge is -2.07. The van der Waals surface area contributed by atoms with Gasteiger partial charge in [-0.3, -0.25) is 10.1 Å². The zero-order valence-electron chi connectivity index (χ0n) is 13.5. The quantitative estimate of drug-likeness (QED) is 0.510. The number of aryl methyl sites for hydroxylation is 3. The number of nitrogens with one attached hydrogen (secondary N) is 1. The highest BCUT2D eigenvalue weighted by Crippen LogP contribution is 2.22. The predicted octanol–water partition coefficient (Wildman–Crippen LogP) is 2.83. The maximum atomic E-state index is 12.2. The van der Waals surface area contributed by atoms with E-state index in [1.165, 1.54) is 24.4 Å². The van der Waals surface area contributed by atoms with Crippen molar-refractivity contribution in [1.82, 2.24) is 4.83 Å². The number of sulfonamides is 1. The summed E-state index contributed by atoms with van der Waals surface area (Å²) in [5.74, 6) is 0. The first-order valence-corrected chi connectivity index (χ1v) is 8.57. The second-order valence-electron chi connectivity index (χ2n) is 5.39. The molecule has 0 amide bonds. The molecule has 0 spiro atoms. The molecule has 0 saturated carbocycles. The minimum absolute atomic E-state index is 0.426. The number of nitro groups is 1. The van der Waals surface area contributed by atoms with Gasteiger partial charge in [0.25, 0.3) is 15.7 Å². The smallest absolute Gasteiger partial charge is 0.258 e. The van der Waals surface area contributed by atoms with E-state index >= 15 is 0 Å². The van der Waals surface area contributed by atoms with E-state index in [1.807, 2.05) is 37.7 Å². The Kier molecular flexibility index (Phi) is 4.99. The molecule has 0 radical (unpaired) electrons. The molecule has 1 N–H and O–H groups in total. The maximum Gasteiger partial charge on any atom is 0.289 e. The van der Waals surface area contributed by atoms with Crippen LogP contribution in [0.1, 0.15) is 22.3 Å². The molecule has 0 aliphatic rings.